The fourth-order valence-corrected chi connectivity index (χ4v) is 2.52. The van der Waals surface area contributed by atoms with Gasteiger partial charge in [0.15, 0.2) is 0 Å². The van der Waals surface area contributed by atoms with Gasteiger partial charge in [0.25, 0.3) is 5.91 Å². The first-order chi connectivity index (χ1) is 11.7. The average molecular weight is 334 g/mol. The topological polar surface area (TPSA) is 59.1 Å². The predicted molar refractivity (Wildman–Crippen MR) is 91.3 cm³/mol. The van der Waals surface area contributed by atoms with Gasteiger partial charge in [0, 0.05) is 31.7 Å². The van der Waals surface area contributed by atoms with E-state index in [1.165, 1.54) is 0 Å². The van der Waals surface area contributed by atoms with E-state index in [1.54, 1.807) is 28.9 Å². The number of unbranched alkanes of at least 4 members (excludes halogenated alkanes) is 1. The van der Waals surface area contributed by atoms with Crippen molar-refractivity contribution in [2.24, 2.45) is 0 Å². The molecule has 0 saturated carbocycles. The number of carbonyl (C=O) groups excluding carboxylic acids is 2. The van der Waals surface area contributed by atoms with Gasteiger partial charge in [-0.2, -0.15) is 0 Å². The van der Waals surface area contributed by atoms with Crippen molar-refractivity contribution in [1.82, 2.24) is 9.80 Å². The van der Waals surface area contributed by atoms with Gasteiger partial charge in [-0.15, -0.1) is 0 Å². The number of amides is 2. The normalized spacial score (nSPS) is 14.4. The zero-order chi connectivity index (χ0) is 17.4. The first-order valence-electron chi connectivity index (χ1n) is 8.59. The van der Waals surface area contributed by atoms with Gasteiger partial charge in [-0.25, -0.2) is 4.79 Å². The summed E-state index contributed by atoms with van der Waals surface area (Å²) < 4.78 is 10.6. The summed E-state index contributed by atoms with van der Waals surface area (Å²) in [5.41, 5.74) is 0.641. The second-order valence-electron chi connectivity index (χ2n) is 5.70. The van der Waals surface area contributed by atoms with Gasteiger partial charge in [0.2, 0.25) is 0 Å². The Balaban J connectivity index is 1.85. The third kappa shape index (κ3) is 4.88. The van der Waals surface area contributed by atoms with E-state index in [2.05, 4.69) is 6.92 Å². The number of hydrogen-bond acceptors (Lipinski definition) is 4. The van der Waals surface area contributed by atoms with Crippen LogP contribution in [0, 0.1) is 0 Å². The number of carbonyl (C=O) groups is 2. The molecule has 132 valence electrons. The molecule has 0 spiro atoms. The predicted octanol–water partition coefficient (Wildman–Crippen LogP) is 2.78. The number of hydrogen-bond donors (Lipinski definition) is 0. The highest BCUT2D eigenvalue weighted by Crippen LogP contribution is 2.15. The Morgan fingerprint density at radius 1 is 1.00 bits per heavy atom. The van der Waals surface area contributed by atoms with Gasteiger partial charge >= 0.3 is 6.09 Å². The van der Waals surface area contributed by atoms with Crippen LogP contribution in [0.3, 0.4) is 0 Å². The van der Waals surface area contributed by atoms with Gasteiger partial charge in [-0.1, -0.05) is 13.3 Å². The molecule has 0 radical (unpaired) electrons. The molecule has 1 aromatic rings. The second-order valence-corrected chi connectivity index (χ2v) is 5.70. The van der Waals surface area contributed by atoms with E-state index in [4.69, 9.17) is 9.47 Å². The van der Waals surface area contributed by atoms with Crippen LogP contribution in [-0.4, -0.2) is 61.2 Å². The van der Waals surface area contributed by atoms with E-state index < -0.39 is 0 Å². The van der Waals surface area contributed by atoms with Crippen molar-refractivity contribution in [2.45, 2.75) is 26.7 Å². The molecule has 0 aliphatic carbocycles. The number of nitrogens with zero attached hydrogens (tertiary/aromatic N) is 2. The van der Waals surface area contributed by atoms with Gasteiger partial charge < -0.3 is 19.3 Å². The Hall–Kier alpha value is -2.24. The monoisotopic (exact) mass is 334 g/mol. The standard InChI is InChI=1S/C18H26N2O4/c1-3-5-14-24-16-8-6-15(7-9-16)17(21)19-10-12-20(13-11-19)18(22)23-4-2/h6-9H,3-5,10-14H2,1-2H3. The molecule has 24 heavy (non-hydrogen) atoms. The van der Waals surface area contributed by atoms with Crippen LogP contribution < -0.4 is 4.74 Å². The summed E-state index contributed by atoms with van der Waals surface area (Å²) in [6, 6.07) is 7.25. The van der Waals surface area contributed by atoms with Crippen LogP contribution in [0.2, 0.25) is 0 Å². The molecule has 1 aromatic carbocycles. The number of piperazine rings is 1. The zero-order valence-electron chi connectivity index (χ0n) is 14.5. The molecular formula is C18H26N2O4. The van der Waals surface area contributed by atoms with Crippen molar-refractivity contribution >= 4 is 12.0 Å². The number of ether oxygens (including phenoxy) is 2. The molecule has 6 heteroatoms. The van der Waals surface area contributed by atoms with E-state index >= 15 is 0 Å². The maximum absolute atomic E-state index is 12.5. The summed E-state index contributed by atoms with van der Waals surface area (Å²) in [6.45, 7) is 7.01. The lowest BCUT2D eigenvalue weighted by Gasteiger charge is -2.34. The fraction of sp³-hybridized carbons (Fsp3) is 0.556. The van der Waals surface area contributed by atoms with Crippen molar-refractivity contribution in [3.63, 3.8) is 0 Å². The summed E-state index contributed by atoms with van der Waals surface area (Å²) in [6.07, 6.45) is 1.80. The highest BCUT2D eigenvalue weighted by molar-refractivity contribution is 5.94. The van der Waals surface area contributed by atoms with Crippen LogP contribution in [0.25, 0.3) is 0 Å². The molecule has 0 unspecified atom stereocenters. The largest absolute Gasteiger partial charge is 0.494 e. The van der Waals surface area contributed by atoms with Crippen LogP contribution in [0.5, 0.6) is 5.75 Å². The van der Waals surface area contributed by atoms with Crippen LogP contribution >= 0.6 is 0 Å². The van der Waals surface area contributed by atoms with E-state index in [0.717, 1.165) is 18.6 Å². The molecule has 6 nitrogen and oxygen atoms in total. The first-order valence-corrected chi connectivity index (χ1v) is 8.59. The zero-order valence-corrected chi connectivity index (χ0v) is 14.5. The smallest absolute Gasteiger partial charge is 0.409 e. The van der Waals surface area contributed by atoms with Gasteiger partial charge in [0.05, 0.1) is 13.2 Å². The Morgan fingerprint density at radius 3 is 2.21 bits per heavy atom. The van der Waals surface area contributed by atoms with Crippen molar-refractivity contribution < 1.29 is 19.1 Å². The van der Waals surface area contributed by atoms with Crippen molar-refractivity contribution in [3.05, 3.63) is 29.8 Å². The lowest BCUT2D eigenvalue weighted by molar-refractivity contribution is 0.0570. The minimum atomic E-state index is -0.307. The van der Waals surface area contributed by atoms with Gasteiger partial charge in [-0.05, 0) is 37.6 Å². The molecule has 2 amide bonds. The average Bonchev–Trinajstić information content (AvgIpc) is 2.62. The summed E-state index contributed by atoms with van der Waals surface area (Å²) in [7, 11) is 0. The molecule has 1 fully saturated rings. The van der Waals surface area contributed by atoms with Crippen LogP contribution in [0.4, 0.5) is 4.79 Å². The molecule has 0 aromatic heterocycles. The van der Waals surface area contributed by atoms with Gasteiger partial charge in [-0.3, -0.25) is 4.79 Å². The van der Waals surface area contributed by atoms with Crippen molar-refractivity contribution in [1.29, 1.82) is 0 Å². The molecule has 2 rings (SSSR count). The summed E-state index contributed by atoms with van der Waals surface area (Å²) in [4.78, 5) is 27.6. The minimum absolute atomic E-state index is 0.0152. The summed E-state index contributed by atoms with van der Waals surface area (Å²) in [5, 5.41) is 0. The van der Waals surface area contributed by atoms with E-state index in [0.29, 0.717) is 45.0 Å². The second kappa shape index (κ2) is 9.15. The third-order valence-electron chi connectivity index (χ3n) is 3.96. The number of benzene rings is 1. The third-order valence-corrected chi connectivity index (χ3v) is 3.96. The highest BCUT2D eigenvalue weighted by atomic mass is 16.6. The van der Waals surface area contributed by atoms with Crippen molar-refractivity contribution in [3.8, 4) is 5.75 Å². The molecule has 0 atom stereocenters. The maximum Gasteiger partial charge on any atom is 0.409 e. The molecule has 0 N–H and O–H groups in total. The Bertz CT molecular complexity index is 536. The molecule has 0 bridgehead atoms. The molecule has 1 saturated heterocycles. The van der Waals surface area contributed by atoms with Crippen LogP contribution in [-0.2, 0) is 4.74 Å². The minimum Gasteiger partial charge on any atom is -0.494 e. The molecule has 1 aliphatic heterocycles. The quantitative estimate of drug-likeness (QED) is 0.751. The maximum atomic E-state index is 12.5. The highest BCUT2D eigenvalue weighted by Gasteiger charge is 2.25. The molecular weight excluding hydrogens is 308 g/mol. The Morgan fingerprint density at radius 2 is 1.62 bits per heavy atom. The van der Waals surface area contributed by atoms with Crippen LogP contribution in [0.1, 0.15) is 37.0 Å². The van der Waals surface area contributed by atoms with E-state index in [-0.39, 0.29) is 12.0 Å². The first kappa shape index (κ1) is 18.1. The molecule has 1 aliphatic rings. The van der Waals surface area contributed by atoms with E-state index in [1.807, 2.05) is 12.1 Å². The SMILES string of the molecule is CCCCOc1ccc(C(=O)N2CCN(C(=O)OCC)CC2)cc1. The van der Waals surface area contributed by atoms with Gasteiger partial charge in [0.1, 0.15) is 5.75 Å². The lowest BCUT2D eigenvalue weighted by Crippen LogP contribution is -2.50. The van der Waals surface area contributed by atoms with Crippen molar-refractivity contribution in [2.75, 3.05) is 39.4 Å². The lowest BCUT2D eigenvalue weighted by atomic mass is 10.1. The Kier molecular flexibility index (Phi) is 6.90. The Labute approximate surface area is 143 Å². The summed E-state index contributed by atoms with van der Waals surface area (Å²) >= 11 is 0. The molecule has 1 heterocycles. The summed E-state index contributed by atoms with van der Waals surface area (Å²) in [5.74, 6) is 0.769. The van der Waals surface area contributed by atoms with E-state index in [9.17, 15) is 9.59 Å². The number of rotatable bonds is 6. The van der Waals surface area contributed by atoms with Crippen LogP contribution in [0.15, 0.2) is 24.3 Å². The fourth-order valence-electron chi connectivity index (χ4n) is 2.52.